The van der Waals surface area contributed by atoms with Crippen molar-refractivity contribution in [3.63, 3.8) is 0 Å². The molecule has 2 aromatic heterocycles. The summed E-state index contributed by atoms with van der Waals surface area (Å²) in [5.41, 5.74) is 0.0254. The van der Waals surface area contributed by atoms with E-state index in [9.17, 15) is 26.3 Å². The third kappa shape index (κ3) is 7.34. The van der Waals surface area contributed by atoms with E-state index < -0.39 is 31.3 Å². The molecule has 0 saturated heterocycles. The van der Waals surface area contributed by atoms with E-state index in [1.165, 1.54) is 44.3 Å². The average molecular weight is 795 g/mol. The second-order valence-electron chi connectivity index (χ2n) is 13.1. The minimum atomic E-state index is -6.09. The molecule has 3 aliphatic carbocycles. The van der Waals surface area contributed by atoms with Gasteiger partial charge in [0.1, 0.15) is 0 Å². The molecule has 18 heteroatoms. The predicted molar refractivity (Wildman–Crippen MR) is 181 cm³/mol. The highest BCUT2D eigenvalue weighted by Crippen LogP contribution is 2.59. The average Bonchev–Trinajstić information content (AvgIpc) is 3.59. The molecule has 0 saturated carbocycles. The van der Waals surface area contributed by atoms with Gasteiger partial charge in [-0.25, -0.2) is 35.1 Å². The molecule has 0 N–H and O–H groups in total. The van der Waals surface area contributed by atoms with E-state index in [-0.39, 0.29) is 0 Å². The van der Waals surface area contributed by atoms with Gasteiger partial charge in [0.15, 0.2) is 42.3 Å². The maximum atomic E-state index is 10.7. The zero-order valence-electron chi connectivity index (χ0n) is 28.4. The summed E-state index contributed by atoms with van der Waals surface area (Å²) in [5.74, 6) is 1.73. The third-order valence-electron chi connectivity index (χ3n) is 9.89. The number of rotatable bonds is 4. The van der Waals surface area contributed by atoms with Crippen LogP contribution in [0, 0.1) is 11.8 Å². The fourth-order valence-corrected chi connectivity index (χ4v) is 7.81. The molecule has 0 aliphatic heterocycles. The summed E-state index contributed by atoms with van der Waals surface area (Å²) >= 11 is 0. The molecular weight excluding hydrogens is 763 g/mol. The number of para-hydroxylation sites is 4. The Kier molecular flexibility index (Phi) is 10.2. The lowest BCUT2D eigenvalue weighted by molar-refractivity contribution is -0.646. The van der Waals surface area contributed by atoms with Gasteiger partial charge in [-0.15, -0.1) is 0 Å². The van der Waals surface area contributed by atoms with Crippen LogP contribution < -0.4 is 9.13 Å². The van der Waals surface area contributed by atoms with Crippen LogP contribution in [0.4, 0.5) is 26.3 Å². The highest BCUT2D eigenvalue weighted by Gasteiger charge is 2.51. The first kappa shape index (κ1) is 38.9. The Morgan fingerprint density at radius 3 is 1.07 bits per heavy atom. The number of aromatic nitrogens is 4. The number of hydrogen-bond donors (Lipinski definition) is 0. The van der Waals surface area contributed by atoms with Crippen LogP contribution in [-0.4, -0.2) is 46.1 Å². The van der Waals surface area contributed by atoms with Crippen LogP contribution in [0.25, 0.3) is 22.1 Å². The second-order valence-corrected chi connectivity index (χ2v) is 15.8. The van der Waals surface area contributed by atoms with Crippen LogP contribution in [0.1, 0.15) is 34.1 Å². The molecule has 2 unspecified atom stereocenters. The number of hydrogen-bond acceptors (Lipinski definition) is 6. The molecule has 3 aliphatic rings. The Morgan fingerprint density at radius 1 is 0.537 bits per heavy atom. The first-order chi connectivity index (χ1) is 25.2. The Balaban J connectivity index is 0.000000263. The van der Waals surface area contributed by atoms with Crippen molar-refractivity contribution >= 4 is 42.3 Å². The van der Waals surface area contributed by atoms with Crippen molar-refractivity contribution in [3.05, 3.63) is 132 Å². The Labute approximate surface area is 306 Å². The van der Waals surface area contributed by atoms with Gasteiger partial charge in [0.2, 0.25) is 12.7 Å². The number of benzene rings is 4. The highest BCUT2D eigenvalue weighted by molar-refractivity contribution is 7.86. The van der Waals surface area contributed by atoms with E-state index in [4.69, 9.17) is 25.9 Å². The maximum Gasteiger partial charge on any atom is 0.485 e. The molecule has 0 fully saturated rings. The second kappa shape index (κ2) is 14.1. The summed E-state index contributed by atoms with van der Waals surface area (Å²) in [5, 5.41) is 0. The molecule has 10 nitrogen and oxygen atoms in total. The van der Waals surface area contributed by atoms with Crippen LogP contribution in [0.15, 0.2) is 110 Å². The lowest BCUT2D eigenvalue weighted by Crippen LogP contribution is -2.43. The lowest BCUT2D eigenvalue weighted by atomic mass is 9.54. The summed E-state index contributed by atoms with van der Waals surface area (Å²) in [6.45, 7) is 2.00. The highest BCUT2D eigenvalue weighted by atomic mass is 32.2. The van der Waals surface area contributed by atoms with Crippen LogP contribution in [0.3, 0.4) is 0 Å². The first-order valence-corrected chi connectivity index (χ1v) is 19.1. The van der Waals surface area contributed by atoms with Gasteiger partial charge in [0.25, 0.3) is 0 Å². The Bertz CT molecular complexity index is 2340. The molecular formula is C36H32F6N4O6S2. The van der Waals surface area contributed by atoms with Crippen molar-refractivity contribution < 1.29 is 61.4 Å². The largest absolute Gasteiger partial charge is 0.741 e. The van der Waals surface area contributed by atoms with Crippen LogP contribution in [-0.2, 0) is 47.4 Å². The molecule has 2 heterocycles. The zero-order chi connectivity index (χ0) is 39.4. The van der Waals surface area contributed by atoms with E-state index in [1.807, 2.05) is 0 Å². The van der Waals surface area contributed by atoms with Crippen molar-refractivity contribution in [1.82, 2.24) is 9.13 Å². The van der Waals surface area contributed by atoms with Crippen LogP contribution in [0.5, 0.6) is 0 Å². The van der Waals surface area contributed by atoms with Gasteiger partial charge in [0, 0.05) is 23.7 Å². The van der Waals surface area contributed by atoms with Crippen molar-refractivity contribution in [2.24, 2.45) is 25.9 Å². The Hall–Kier alpha value is -4.78. The maximum absolute atomic E-state index is 10.7. The minimum absolute atomic E-state index is 0.388. The van der Waals surface area contributed by atoms with Crippen molar-refractivity contribution in [2.75, 3.05) is 0 Å². The standard InChI is InChI=1S/C34H32N4.2CHF3O3S/c1-35-21-37(31-17-9-7-15-29(31)35)19-27-28(20-38-22-36(2)30-16-8-10-18-32(30)38)34-25-13-5-3-11-23(25)33(27)24-12-4-6-14-26(24)34;2*2-1(3,4)8(5,6)7/h3-18,21-22,27-28,33-34H,19-20H2,1-2H3;2*(H,5,6,7)/q+2;;/p-2. The van der Waals surface area contributed by atoms with Gasteiger partial charge >= 0.3 is 11.0 Å². The first-order valence-electron chi connectivity index (χ1n) is 16.3. The SMILES string of the molecule is C[n+]1cn(CC2C3c4ccccc4C(c4ccccc43)C2Cn2c[n+](C)c3ccccc32)c2ccccc21.O=S(=O)([O-])C(F)(F)F.O=S(=O)([O-])C(F)(F)F. The summed E-state index contributed by atoms with van der Waals surface area (Å²) < 4.78 is 127. The monoisotopic (exact) mass is 794 g/mol. The van der Waals surface area contributed by atoms with Crippen molar-refractivity contribution in [3.8, 4) is 0 Å². The summed E-state index contributed by atoms with van der Waals surface area (Å²) in [4.78, 5) is 0. The molecule has 2 atom stereocenters. The molecule has 4 aromatic carbocycles. The van der Waals surface area contributed by atoms with E-state index in [2.05, 4.69) is 142 Å². The molecule has 9 rings (SSSR count). The van der Waals surface area contributed by atoms with E-state index in [0.717, 1.165) is 13.1 Å². The number of imidazole rings is 2. The van der Waals surface area contributed by atoms with Gasteiger partial charge in [0.05, 0.1) is 27.2 Å². The van der Waals surface area contributed by atoms with Gasteiger partial charge in [-0.3, -0.25) is 0 Å². The predicted octanol–water partition coefficient (Wildman–Crippen LogP) is 5.57. The fraction of sp³-hybridized carbons (Fsp3) is 0.278. The van der Waals surface area contributed by atoms with Crippen LogP contribution in [0.2, 0.25) is 0 Å². The zero-order valence-corrected chi connectivity index (χ0v) is 30.1. The number of alkyl halides is 6. The van der Waals surface area contributed by atoms with E-state index in [1.54, 1.807) is 0 Å². The Morgan fingerprint density at radius 2 is 0.796 bits per heavy atom. The number of nitrogens with zero attached hydrogens (tertiary/aromatic N) is 4. The molecule has 54 heavy (non-hydrogen) atoms. The molecule has 0 radical (unpaired) electrons. The summed E-state index contributed by atoms with van der Waals surface area (Å²) in [6.07, 6.45) is 4.60. The molecule has 6 aromatic rings. The quantitative estimate of drug-likeness (QED) is 0.0993. The van der Waals surface area contributed by atoms with Gasteiger partial charge < -0.3 is 9.11 Å². The fourth-order valence-electron chi connectivity index (χ4n) is 7.81. The van der Waals surface area contributed by atoms with Gasteiger partial charge in [-0.2, -0.15) is 26.3 Å². The summed E-state index contributed by atoms with van der Waals surface area (Å²) in [6, 6.07) is 36.1. The van der Waals surface area contributed by atoms with Crippen LogP contribution >= 0.6 is 0 Å². The lowest BCUT2D eigenvalue weighted by Gasteiger charge is -2.49. The molecule has 0 amide bonds. The smallest absolute Gasteiger partial charge is 0.485 e. The topological polar surface area (TPSA) is 132 Å². The van der Waals surface area contributed by atoms with E-state index >= 15 is 0 Å². The van der Waals surface area contributed by atoms with Crippen molar-refractivity contribution in [1.29, 1.82) is 0 Å². The van der Waals surface area contributed by atoms with Gasteiger partial charge in [-0.05, 0) is 46.5 Å². The molecule has 286 valence electrons. The molecule has 0 spiro atoms. The number of aryl methyl sites for hydroxylation is 2. The van der Waals surface area contributed by atoms with E-state index in [0.29, 0.717) is 23.7 Å². The normalized spacial score (nSPS) is 19.4. The molecule has 2 bridgehead atoms. The summed E-state index contributed by atoms with van der Waals surface area (Å²) in [7, 11) is -7.85. The third-order valence-corrected chi connectivity index (χ3v) is 11.0. The van der Waals surface area contributed by atoms with Gasteiger partial charge in [-0.1, -0.05) is 72.8 Å². The van der Waals surface area contributed by atoms with Crippen molar-refractivity contribution in [2.45, 2.75) is 35.9 Å². The number of halogens is 6. The minimum Gasteiger partial charge on any atom is -0.741 e. The number of fused-ring (bicyclic) bond motifs is 3.